The molecule has 2 aromatic carbocycles. The summed E-state index contributed by atoms with van der Waals surface area (Å²) >= 11 is 3.18. The number of alkyl halides is 3. The Kier molecular flexibility index (Phi) is 7.01. The quantitative estimate of drug-likeness (QED) is 0.459. The van der Waals surface area contributed by atoms with Crippen molar-refractivity contribution < 1.29 is 36.9 Å². The Labute approximate surface area is 201 Å². The average Bonchev–Trinajstić information content (AvgIpc) is 2.76. The van der Waals surface area contributed by atoms with Gasteiger partial charge in [-0.25, -0.2) is 18.5 Å². The summed E-state index contributed by atoms with van der Waals surface area (Å²) < 4.78 is 65.6. The number of ether oxygens (including phenoxy) is 2. The highest BCUT2D eigenvalue weighted by atomic mass is 79.9. The fraction of sp³-hybridized carbons (Fsp3) is 0.143. The lowest BCUT2D eigenvalue weighted by atomic mass is 10.1. The van der Waals surface area contributed by atoms with Crippen molar-refractivity contribution in [1.82, 2.24) is 9.13 Å². The number of halogens is 5. The second-order valence-electron chi connectivity index (χ2n) is 6.83. The molecular weight excluding hydrogens is 546 g/mol. The van der Waals surface area contributed by atoms with E-state index in [1.54, 1.807) is 6.07 Å². The van der Waals surface area contributed by atoms with Gasteiger partial charge in [-0.2, -0.15) is 18.4 Å². The van der Waals surface area contributed by atoms with Gasteiger partial charge in [0.05, 0.1) is 11.3 Å². The minimum absolute atomic E-state index is 0.0759. The Balaban J connectivity index is 2.19. The van der Waals surface area contributed by atoms with Gasteiger partial charge >= 0.3 is 17.8 Å². The SMILES string of the molecule is Cn1c(C(F)(F)F)cc(=O)n(-c2cc(Oc3cc(Br)ccc3OCC(=O)O)c(C#N)cc2F)c1=O. The van der Waals surface area contributed by atoms with Crippen molar-refractivity contribution in [3.05, 3.63) is 78.8 Å². The van der Waals surface area contributed by atoms with E-state index in [1.807, 2.05) is 0 Å². The third-order valence-corrected chi connectivity index (χ3v) is 4.99. The fourth-order valence-electron chi connectivity index (χ4n) is 2.94. The number of aromatic nitrogens is 2. The normalized spacial score (nSPS) is 11.1. The predicted octanol–water partition coefficient (Wildman–Crippen LogP) is 3.58. The highest BCUT2D eigenvalue weighted by molar-refractivity contribution is 9.10. The summed E-state index contributed by atoms with van der Waals surface area (Å²) in [4.78, 5) is 35.8. The molecule has 0 aliphatic rings. The Morgan fingerprint density at radius 3 is 2.43 bits per heavy atom. The lowest BCUT2D eigenvalue weighted by molar-refractivity contribution is -0.144. The summed E-state index contributed by atoms with van der Waals surface area (Å²) in [5.41, 5.74) is -5.67. The van der Waals surface area contributed by atoms with Crippen LogP contribution in [0.15, 0.2) is 50.5 Å². The molecule has 9 nitrogen and oxygen atoms in total. The summed E-state index contributed by atoms with van der Waals surface area (Å²) in [6.07, 6.45) is -5.02. The van der Waals surface area contributed by atoms with Crippen LogP contribution in [0.2, 0.25) is 0 Å². The Bertz CT molecular complexity index is 1490. The molecule has 3 aromatic rings. The number of aliphatic carboxylic acids is 1. The molecule has 14 heteroatoms. The smallest absolute Gasteiger partial charge is 0.431 e. The van der Waals surface area contributed by atoms with Crippen molar-refractivity contribution in [1.29, 1.82) is 5.26 Å². The third-order valence-electron chi connectivity index (χ3n) is 4.50. The molecule has 1 heterocycles. The summed E-state index contributed by atoms with van der Waals surface area (Å²) in [7, 11) is 0.758. The third kappa shape index (κ3) is 5.35. The molecule has 0 spiro atoms. The van der Waals surface area contributed by atoms with E-state index in [0.717, 1.165) is 13.1 Å². The van der Waals surface area contributed by atoms with Crippen LogP contribution in [0.5, 0.6) is 17.2 Å². The van der Waals surface area contributed by atoms with Crippen molar-refractivity contribution in [3.63, 3.8) is 0 Å². The number of nitriles is 1. The van der Waals surface area contributed by atoms with E-state index in [4.69, 9.17) is 14.6 Å². The highest BCUT2D eigenvalue weighted by Crippen LogP contribution is 2.37. The van der Waals surface area contributed by atoms with Crippen LogP contribution in [0.3, 0.4) is 0 Å². The van der Waals surface area contributed by atoms with Crippen LogP contribution in [-0.4, -0.2) is 26.8 Å². The van der Waals surface area contributed by atoms with E-state index in [1.165, 1.54) is 18.2 Å². The largest absolute Gasteiger partial charge is 0.479 e. The monoisotopic (exact) mass is 557 g/mol. The molecule has 182 valence electrons. The Morgan fingerprint density at radius 1 is 1.14 bits per heavy atom. The number of carboxylic acids is 1. The number of hydrogen-bond acceptors (Lipinski definition) is 6. The van der Waals surface area contributed by atoms with E-state index >= 15 is 0 Å². The van der Waals surface area contributed by atoms with Gasteiger partial charge in [0.25, 0.3) is 5.56 Å². The van der Waals surface area contributed by atoms with Crippen LogP contribution < -0.4 is 20.7 Å². The molecular formula is C21H12BrF4N3O6. The standard InChI is InChI=1S/C21H12BrF4N3O6/c1-28-17(21(24,25)26)7-18(30)29(20(28)33)13-6-15(10(8-27)4-12(13)23)35-16-5-11(22)2-3-14(16)34-9-19(31)32/h2-7H,9H2,1H3,(H,31,32). The zero-order chi connectivity index (χ0) is 26.1. The molecule has 0 bridgehead atoms. The summed E-state index contributed by atoms with van der Waals surface area (Å²) in [5.74, 6) is -3.14. The number of hydrogen-bond donors (Lipinski definition) is 1. The molecule has 1 N–H and O–H groups in total. The zero-order valence-corrected chi connectivity index (χ0v) is 19.0. The highest BCUT2D eigenvalue weighted by Gasteiger charge is 2.35. The van der Waals surface area contributed by atoms with E-state index in [-0.39, 0.29) is 26.7 Å². The van der Waals surface area contributed by atoms with E-state index < -0.39 is 58.5 Å². The Hall–Kier alpha value is -4.12. The maximum atomic E-state index is 14.8. The molecule has 0 aliphatic heterocycles. The van der Waals surface area contributed by atoms with Crippen LogP contribution in [0.25, 0.3) is 5.69 Å². The first-order valence-electron chi connectivity index (χ1n) is 9.29. The molecule has 3 rings (SSSR count). The van der Waals surface area contributed by atoms with Crippen LogP contribution >= 0.6 is 15.9 Å². The number of rotatable bonds is 6. The van der Waals surface area contributed by atoms with Gasteiger partial charge in [0.1, 0.15) is 23.3 Å². The van der Waals surface area contributed by atoms with Crippen molar-refractivity contribution >= 4 is 21.9 Å². The number of nitrogens with zero attached hydrogens (tertiary/aromatic N) is 3. The summed E-state index contributed by atoms with van der Waals surface area (Å²) in [6, 6.07) is 7.38. The minimum Gasteiger partial charge on any atom is -0.479 e. The minimum atomic E-state index is -5.02. The van der Waals surface area contributed by atoms with E-state index in [2.05, 4.69) is 15.9 Å². The van der Waals surface area contributed by atoms with Crippen molar-refractivity contribution in [2.75, 3.05) is 6.61 Å². The second kappa shape index (κ2) is 9.63. The average molecular weight is 558 g/mol. The van der Waals surface area contributed by atoms with Gasteiger partial charge in [0.15, 0.2) is 18.1 Å². The molecule has 0 aliphatic carbocycles. The van der Waals surface area contributed by atoms with Gasteiger partial charge in [0, 0.05) is 23.7 Å². The molecule has 0 atom stereocenters. The lowest BCUT2D eigenvalue weighted by Gasteiger charge is -2.16. The van der Waals surface area contributed by atoms with Gasteiger partial charge in [-0.15, -0.1) is 0 Å². The number of benzene rings is 2. The molecule has 0 saturated carbocycles. The van der Waals surface area contributed by atoms with Crippen LogP contribution in [-0.2, 0) is 18.0 Å². The number of carboxylic acid groups (broad SMARTS) is 1. The first-order valence-corrected chi connectivity index (χ1v) is 10.1. The van der Waals surface area contributed by atoms with Crippen molar-refractivity contribution in [3.8, 4) is 29.0 Å². The number of carbonyl (C=O) groups is 1. The first kappa shape index (κ1) is 25.5. The van der Waals surface area contributed by atoms with E-state index in [9.17, 15) is 37.2 Å². The molecule has 0 radical (unpaired) electrons. The van der Waals surface area contributed by atoms with Crippen LogP contribution in [0.4, 0.5) is 17.6 Å². The molecule has 1 aromatic heterocycles. The van der Waals surface area contributed by atoms with Crippen molar-refractivity contribution in [2.24, 2.45) is 7.05 Å². The predicted molar refractivity (Wildman–Crippen MR) is 114 cm³/mol. The molecule has 0 fully saturated rings. The summed E-state index contributed by atoms with van der Waals surface area (Å²) in [5, 5.41) is 18.2. The second-order valence-corrected chi connectivity index (χ2v) is 7.75. The van der Waals surface area contributed by atoms with Crippen molar-refractivity contribution in [2.45, 2.75) is 6.18 Å². The molecule has 0 amide bonds. The van der Waals surface area contributed by atoms with Gasteiger partial charge in [-0.1, -0.05) is 15.9 Å². The maximum Gasteiger partial charge on any atom is 0.431 e. The van der Waals surface area contributed by atoms with E-state index in [0.29, 0.717) is 10.5 Å². The first-order chi connectivity index (χ1) is 16.3. The zero-order valence-electron chi connectivity index (χ0n) is 17.4. The van der Waals surface area contributed by atoms with Crippen LogP contribution in [0.1, 0.15) is 11.3 Å². The van der Waals surface area contributed by atoms with Gasteiger partial charge in [-0.05, 0) is 24.3 Å². The van der Waals surface area contributed by atoms with Crippen LogP contribution in [0, 0.1) is 17.1 Å². The topological polar surface area (TPSA) is 124 Å². The van der Waals surface area contributed by atoms with Gasteiger partial charge < -0.3 is 14.6 Å². The fourth-order valence-corrected chi connectivity index (χ4v) is 3.28. The molecule has 0 unspecified atom stereocenters. The molecule has 0 saturated heterocycles. The summed E-state index contributed by atoms with van der Waals surface area (Å²) in [6.45, 7) is -0.741. The molecule has 35 heavy (non-hydrogen) atoms. The Morgan fingerprint density at radius 2 is 1.83 bits per heavy atom. The lowest BCUT2D eigenvalue weighted by Crippen LogP contribution is -2.41. The maximum absolute atomic E-state index is 14.8. The van der Waals surface area contributed by atoms with Gasteiger partial charge in [0.2, 0.25) is 0 Å². The van der Waals surface area contributed by atoms with Gasteiger partial charge in [-0.3, -0.25) is 9.36 Å².